The molecule has 6 heteroatoms. The summed E-state index contributed by atoms with van der Waals surface area (Å²) in [6.07, 6.45) is 66.5. The van der Waals surface area contributed by atoms with Crippen molar-refractivity contribution in [3.8, 4) is 0 Å². The summed E-state index contributed by atoms with van der Waals surface area (Å²) in [6.45, 7) is 6.30. The van der Waals surface area contributed by atoms with Gasteiger partial charge in [-0.15, -0.1) is 0 Å². The number of esters is 3. The van der Waals surface area contributed by atoms with E-state index in [4.69, 9.17) is 14.2 Å². The molecule has 0 rings (SSSR count). The lowest BCUT2D eigenvalue weighted by molar-refractivity contribution is -0.167. The Balaban J connectivity index is 4.51. The van der Waals surface area contributed by atoms with Crippen LogP contribution in [-0.2, 0) is 28.6 Å². The molecule has 0 heterocycles. The molecular formula is C56H90O6. The van der Waals surface area contributed by atoms with Crippen molar-refractivity contribution in [3.63, 3.8) is 0 Å². The lowest BCUT2D eigenvalue weighted by Crippen LogP contribution is -2.30. The van der Waals surface area contributed by atoms with E-state index in [2.05, 4.69) is 130 Å². The largest absolute Gasteiger partial charge is 0.462 e. The highest BCUT2D eigenvalue weighted by Gasteiger charge is 2.19. The first kappa shape index (κ1) is 58.1. The average molecular weight is 859 g/mol. The molecule has 0 saturated heterocycles. The molecule has 1 atom stereocenters. The predicted molar refractivity (Wildman–Crippen MR) is 265 cm³/mol. The predicted octanol–water partition coefficient (Wildman–Crippen LogP) is 16.4. The van der Waals surface area contributed by atoms with Crippen LogP contribution >= 0.6 is 0 Å². The SMILES string of the molecule is CC/C=C\C/C=C\C/C=C\C/C=C\C/C=C\CCCCCC(=O)OCC(COC(=O)CCCC/C=C\C/C=C\C/C=C\CC)OC(=O)CCCCC/C=C\CCCCCCCC. The third-order valence-corrected chi connectivity index (χ3v) is 9.99. The second kappa shape index (κ2) is 49.7. The van der Waals surface area contributed by atoms with Gasteiger partial charge in [-0.25, -0.2) is 0 Å². The molecule has 0 bridgehead atoms. The Labute approximate surface area is 380 Å². The second-order valence-corrected chi connectivity index (χ2v) is 16.0. The third kappa shape index (κ3) is 47.1. The topological polar surface area (TPSA) is 78.9 Å². The van der Waals surface area contributed by atoms with Crippen molar-refractivity contribution in [3.05, 3.63) is 109 Å². The van der Waals surface area contributed by atoms with E-state index in [-0.39, 0.29) is 37.5 Å². The van der Waals surface area contributed by atoms with Crippen molar-refractivity contribution in [1.82, 2.24) is 0 Å². The van der Waals surface area contributed by atoms with Crippen LogP contribution in [0.2, 0.25) is 0 Å². The standard InChI is InChI=1S/C56H90O6/c1-4-7-10-13-16-19-22-25-26-27-28-29-30-32-34-37-40-43-46-49-55(58)61-52-53(51-60-54(57)48-45-42-39-36-33-24-21-18-15-12-9-6-3)62-56(59)50-47-44-41-38-35-31-23-20-17-14-11-8-5-2/h7,9-10,12,16,18-19,21,25-26,28-29,31-36,53H,4-6,8,11,13-15,17,20,22-24,27,30,37-52H2,1-3H3/b10-7-,12-9-,19-16-,21-18-,26-25-,29-28-,34-32-,35-31-,36-33-. The van der Waals surface area contributed by atoms with Gasteiger partial charge in [-0.1, -0.05) is 175 Å². The summed E-state index contributed by atoms with van der Waals surface area (Å²) in [5.74, 6) is -1.01. The van der Waals surface area contributed by atoms with Gasteiger partial charge < -0.3 is 14.2 Å². The summed E-state index contributed by atoms with van der Waals surface area (Å²) < 4.78 is 16.7. The molecule has 0 amide bonds. The van der Waals surface area contributed by atoms with Crippen LogP contribution in [0.3, 0.4) is 0 Å². The number of carbonyl (C=O) groups excluding carboxylic acids is 3. The molecule has 0 aliphatic heterocycles. The van der Waals surface area contributed by atoms with Crippen molar-refractivity contribution < 1.29 is 28.6 Å². The van der Waals surface area contributed by atoms with Gasteiger partial charge >= 0.3 is 17.9 Å². The van der Waals surface area contributed by atoms with E-state index in [1.807, 2.05) is 0 Å². The van der Waals surface area contributed by atoms with E-state index < -0.39 is 6.10 Å². The molecule has 1 unspecified atom stereocenters. The van der Waals surface area contributed by atoms with Crippen LogP contribution in [0.15, 0.2) is 109 Å². The minimum absolute atomic E-state index is 0.116. The maximum absolute atomic E-state index is 12.8. The van der Waals surface area contributed by atoms with Crippen LogP contribution in [0.4, 0.5) is 0 Å². The van der Waals surface area contributed by atoms with Crippen LogP contribution in [0.25, 0.3) is 0 Å². The highest BCUT2D eigenvalue weighted by Crippen LogP contribution is 2.12. The quantitative estimate of drug-likeness (QED) is 0.0263. The monoisotopic (exact) mass is 859 g/mol. The number of rotatable bonds is 43. The Morgan fingerprint density at radius 1 is 0.339 bits per heavy atom. The highest BCUT2D eigenvalue weighted by atomic mass is 16.6. The van der Waals surface area contributed by atoms with E-state index in [0.717, 1.165) is 128 Å². The molecule has 62 heavy (non-hydrogen) atoms. The van der Waals surface area contributed by atoms with Crippen LogP contribution in [-0.4, -0.2) is 37.2 Å². The summed E-state index contributed by atoms with van der Waals surface area (Å²) in [7, 11) is 0. The Kier molecular flexibility index (Phi) is 46.6. The summed E-state index contributed by atoms with van der Waals surface area (Å²) in [5, 5.41) is 0. The van der Waals surface area contributed by atoms with Gasteiger partial charge in [0.1, 0.15) is 13.2 Å². The molecule has 0 saturated carbocycles. The van der Waals surface area contributed by atoms with Gasteiger partial charge in [-0.3, -0.25) is 14.4 Å². The first-order valence-corrected chi connectivity index (χ1v) is 24.9. The number of allylic oxidation sites excluding steroid dienone is 18. The summed E-state index contributed by atoms with van der Waals surface area (Å²) in [5.41, 5.74) is 0. The number of carbonyl (C=O) groups is 3. The first-order valence-electron chi connectivity index (χ1n) is 24.9. The van der Waals surface area contributed by atoms with Crippen LogP contribution in [0.1, 0.15) is 207 Å². The Hall–Kier alpha value is -3.93. The number of hydrogen-bond acceptors (Lipinski definition) is 6. The number of unbranched alkanes of at least 4 members (excludes halogenated alkanes) is 14. The van der Waals surface area contributed by atoms with E-state index in [0.29, 0.717) is 12.8 Å². The fourth-order valence-corrected chi connectivity index (χ4v) is 6.30. The molecule has 0 aromatic rings. The van der Waals surface area contributed by atoms with Gasteiger partial charge in [0, 0.05) is 19.3 Å². The van der Waals surface area contributed by atoms with Crippen molar-refractivity contribution in [2.75, 3.05) is 13.2 Å². The van der Waals surface area contributed by atoms with Crippen molar-refractivity contribution in [2.45, 2.75) is 213 Å². The molecule has 0 spiro atoms. The van der Waals surface area contributed by atoms with Crippen molar-refractivity contribution >= 4 is 17.9 Å². The Bertz CT molecular complexity index is 1310. The van der Waals surface area contributed by atoms with E-state index in [1.54, 1.807) is 0 Å². The molecule has 0 aliphatic rings. The van der Waals surface area contributed by atoms with Crippen LogP contribution in [0, 0.1) is 0 Å². The normalized spacial score (nSPS) is 13.0. The van der Waals surface area contributed by atoms with E-state index >= 15 is 0 Å². The fourth-order valence-electron chi connectivity index (χ4n) is 6.30. The third-order valence-electron chi connectivity index (χ3n) is 9.99. The van der Waals surface area contributed by atoms with Crippen LogP contribution < -0.4 is 0 Å². The zero-order valence-corrected chi connectivity index (χ0v) is 39.8. The van der Waals surface area contributed by atoms with Gasteiger partial charge in [0.05, 0.1) is 0 Å². The van der Waals surface area contributed by atoms with Crippen molar-refractivity contribution in [2.24, 2.45) is 0 Å². The zero-order valence-electron chi connectivity index (χ0n) is 39.8. The maximum atomic E-state index is 12.8. The van der Waals surface area contributed by atoms with Crippen LogP contribution in [0.5, 0.6) is 0 Å². The molecule has 0 aromatic heterocycles. The van der Waals surface area contributed by atoms with Gasteiger partial charge in [0.25, 0.3) is 0 Å². The number of ether oxygens (including phenoxy) is 3. The summed E-state index contributed by atoms with van der Waals surface area (Å²) >= 11 is 0. The summed E-state index contributed by atoms with van der Waals surface area (Å²) in [4.78, 5) is 37.9. The van der Waals surface area contributed by atoms with Gasteiger partial charge in [0.2, 0.25) is 0 Å². The summed E-state index contributed by atoms with van der Waals surface area (Å²) in [6, 6.07) is 0. The molecule has 350 valence electrons. The minimum Gasteiger partial charge on any atom is -0.462 e. The molecule has 0 radical (unpaired) electrons. The molecular weight excluding hydrogens is 769 g/mol. The highest BCUT2D eigenvalue weighted by molar-refractivity contribution is 5.71. The van der Waals surface area contributed by atoms with Gasteiger partial charge in [-0.05, 0) is 122 Å². The first-order chi connectivity index (χ1) is 30.5. The smallest absolute Gasteiger partial charge is 0.306 e. The molecule has 0 aliphatic carbocycles. The average Bonchev–Trinajstić information content (AvgIpc) is 3.27. The van der Waals surface area contributed by atoms with Crippen molar-refractivity contribution in [1.29, 1.82) is 0 Å². The number of hydrogen-bond donors (Lipinski definition) is 0. The van der Waals surface area contributed by atoms with E-state index in [9.17, 15) is 14.4 Å². The molecule has 0 N–H and O–H groups in total. The Morgan fingerprint density at radius 2 is 0.629 bits per heavy atom. The second-order valence-electron chi connectivity index (χ2n) is 16.0. The maximum Gasteiger partial charge on any atom is 0.306 e. The Morgan fingerprint density at radius 3 is 1.03 bits per heavy atom. The molecule has 0 aromatic carbocycles. The fraction of sp³-hybridized carbons (Fsp3) is 0.625. The molecule has 0 fully saturated rings. The molecule has 6 nitrogen and oxygen atoms in total. The lowest BCUT2D eigenvalue weighted by Gasteiger charge is -2.18. The van der Waals surface area contributed by atoms with Gasteiger partial charge in [0.15, 0.2) is 6.10 Å². The van der Waals surface area contributed by atoms with Gasteiger partial charge in [-0.2, -0.15) is 0 Å². The zero-order chi connectivity index (χ0) is 45.1. The van der Waals surface area contributed by atoms with E-state index in [1.165, 1.54) is 38.5 Å². The lowest BCUT2D eigenvalue weighted by atomic mass is 10.1. The minimum atomic E-state index is -0.816.